The SMILES string of the molecule is C=C[CH-]N.[Rb+]. The fourth-order valence-electron chi connectivity index (χ4n) is 0. The van der Waals surface area contributed by atoms with Gasteiger partial charge < -0.3 is 5.73 Å². The van der Waals surface area contributed by atoms with Crippen molar-refractivity contribution in [3.05, 3.63) is 19.2 Å². The molecule has 2 heteroatoms. The Bertz CT molecular complexity index is 20.9. The number of hydrogen-bond donors (Lipinski definition) is 1. The first-order chi connectivity index (χ1) is 1.91. The fourth-order valence-corrected chi connectivity index (χ4v) is 0. The van der Waals surface area contributed by atoms with E-state index in [-0.39, 0.29) is 58.2 Å². The minimum atomic E-state index is 0. The summed E-state index contributed by atoms with van der Waals surface area (Å²) in [6.07, 6.45) is 1.53. The Kier molecular flexibility index (Phi) is 17.4. The largest absolute Gasteiger partial charge is 1.00 e. The summed E-state index contributed by atoms with van der Waals surface area (Å²) in [6, 6.07) is 0. The van der Waals surface area contributed by atoms with Crippen LogP contribution in [-0.2, 0) is 0 Å². The molecule has 0 saturated carbocycles. The molecule has 0 radical (unpaired) electrons. The van der Waals surface area contributed by atoms with E-state index in [1.54, 1.807) is 0 Å². The van der Waals surface area contributed by atoms with Crippen LogP contribution in [0.25, 0.3) is 0 Å². The molecular formula is C3H6NRb. The topological polar surface area (TPSA) is 26.0 Å². The van der Waals surface area contributed by atoms with Gasteiger partial charge in [-0.3, -0.25) is 0 Å². The van der Waals surface area contributed by atoms with Gasteiger partial charge in [-0.05, 0) is 0 Å². The Morgan fingerprint density at radius 2 is 2.00 bits per heavy atom. The average Bonchev–Trinajstić information content (AvgIpc) is 1.37. The summed E-state index contributed by atoms with van der Waals surface area (Å²) in [5.74, 6) is 0. The van der Waals surface area contributed by atoms with E-state index in [0.717, 1.165) is 0 Å². The van der Waals surface area contributed by atoms with E-state index in [9.17, 15) is 0 Å². The second kappa shape index (κ2) is 9.03. The zero-order valence-electron chi connectivity index (χ0n) is 3.44. The minimum Gasteiger partial charge on any atom is -0.387 e. The van der Waals surface area contributed by atoms with Crippen molar-refractivity contribution in [3.8, 4) is 0 Å². The van der Waals surface area contributed by atoms with E-state index in [1.165, 1.54) is 12.6 Å². The van der Waals surface area contributed by atoms with Crippen LogP contribution in [0.2, 0.25) is 0 Å². The van der Waals surface area contributed by atoms with Crippen molar-refractivity contribution in [2.45, 2.75) is 0 Å². The molecule has 0 saturated heterocycles. The summed E-state index contributed by atoms with van der Waals surface area (Å²) in [5, 5.41) is 0. The van der Waals surface area contributed by atoms with E-state index in [4.69, 9.17) is 5.73 Å². The standard InChI is InChI=1S/C3H6N.Rb/c1-2-3-4;/h2-3H,1,4H2;/q-1;+1. The second-order valence-corrected chi connectivity index (χ2v) is 0.428. The van der Waals surface area contributed by atoms with Crippen LogP contribution in [0.5, 0.6) is 0 Å². The molecule has 5 heavy (non-hydrogen) atoms. The van der Waals surface area contributed by atoms with Crippen molar-refractivity contribution < 1.29 is 58.2 Å². The molecule has 1 nitrogen and oxygen atoms in total. The minimum absolute atomic E-state index is 0. The molecule has 0 aliphatic carbocycles. The van der Waals surface area contributed by atoms with Crippen molar-refractivity contribution in [1.82, 2.24) is 0 Å². The van der Waals surface area contributed by atoms with Crippen LogP contribution < -0.4 is 63.9 Å². The van der Waals surface area contributed by atoms with E-state index >= 15 is 0 Å². The summed E-state index contributed by atoms with van der Waals surface area (Å²) < 4.78 is 0. The molecule has 0 heterocycles. The van der Waals surface area contributed by atoms with Gasteiger partial charge in [0.05, 0.1) is 0 Å². The van der Waals surface area contributed by atoms with Crippen LogP contribution in [0.15, 0.2) is 12.7 Å². The number of rotatable bonds is 1. The Balaban J connectivity index is 0. The molecule has 24 valence electrons. The molecule has 0 aromatic heterocycles. The monoisotopic (exact) mass is 141 g/mol. The number of hydrogen-bond acceptors (Lipinski definition) is 1. The normalized spacial score (nSPS) is 4.20. The van der Waals surface area contributed by atoms with E-state index in [0.29, 0.717) is 0 Å². The zero-order chi connectivity index (χ0) is 3.41. The quantitative estimate of drug-likeness (QED) is 0.395. The van der Waals surface area contributed by atoms with Crippen molar-refractivity contribution in [1.29, 1.82) is 0 Å². The van der Waals surface area contributed by atoms with Gasteiger partial charge in [0, 0.05) is 0 Å². The third-order valence-corrected chi connectivity index (χ3v) is 0.136. The van der Waals surface area contributed by atoms with Crippen molar-refractivity contribution in [3.63, 3.8) is 0 Å². The molecule has 0 atom stereocenters. The molecule has 0 aromatic rings. The molecule has 0 rings (SSSR count). The van der Waals surface area contributed by atoms with Gasteiger partial charge in [-0.25, -0.2) is 12.7 Å². The van der Waals surface area contributed by atoms with E-state index < -0.39 is 0 Å². The van der Waals surface area contributed by atoms with Crippen molar-refractivity contribution in [2.75, 3.05) is 0 Å². The molecule has 2 N–H and O–H groups in total. The third-order valence-electron chi connectivity index (χ3n) is 0.136. The van der Waals surface area contributed by atoms with Crippen LogP contribution in [0.3, 0.4) is 0 Å². The average molecular weight is 142 g/mol. The first-order valence-corrected chi connectivity index (χ1v) is 1.07. The molecule has 0 spiro atoms. The van der Waals surface area contributed by atoms with Crippen LogP contribution >= 0.6 is 0 Å². The maximum absolute atomic E-state index is 4.78. The van der Waals surface area contributed by atoms with Crippen molar-refractivity contribution in [2.24, 2.45) is 5.73 Å². The van der Waals surface area contributed by atoms with Gasteiger partial charge in [-0.2, -0.15) is 6.54 Å². The summed E-state index contributed by atoms with van der Waals surface area (Å²) in [4.78, 5) is 0. The van der Waals surface area contributed by atoms with Gasteiger partial charge in [0.15, 0.2) is 0 Å². The van der Waals surface area contributed by atoms with Crippen LogP contribution in [-0.4, -0.2) is 0 Å². The Labute approximate surface area is 81.4 Å². The molecule has 0 fully saturated rings. The molecule has 0 unspecified atom stereocenters. The van der Waals surface area contributed by atoms with Crippen LogP contribution in [0.1, 0.15) is 0 Å². The van der Waals surface area contributed by atoms with Crippen LogP contribution in [0, 0.1) is 6.54 Å². The van der Waals surface area contributed by atoms with Gasteiger partial charge in [0.25, 0.3) is 0 Å². The smallest absolute Gasteiger partial charge is 0.387 e. The van der Waals surface area contributed by atoms with Gasteiger partial charge in [-0.15, -0.1) is 0 Å². The molecule has 0 aliphatic rings. The van der Waals surface area contributed by atoms with E-state index in [1.807, 2.05) is 0 Å². The van der Waals surface area contributed by atoms with Crippen molar-refractivity contribution >= 4 is 0 Å². The van der Waals surface area contributed by atoms with Gasteiger partial charge >= 0.3 is 58.2 Å². The molecule has 0 bridgehead atoms. The molecule has 0 aliphatic heterocycles. The molecular weight excluding hydrogens is 136 g/mol. The van der Waals surface area contributed by atoms with Gasteiger partial charge in [-0.1, -0.05) is 0 Å². The third kappa shape index (κ3) is 10.9. The predicted octanol–water partition coefficient (Wildman–Crippen LogP) is -2.70. The first-order valence-electron chi connectivity index (χ1n) is 1.07. The predicted molar refractivity (Wildman–Crippen MR) is 18.7 cm³/mol. The Morgan fingerprint density at radius 1 is 1.80 bits per heavy atom. The Morgan fingerprint density at radius 3 is 2.00 bits per heavy atom. The fraction of sp³-hybridized carbons (Fsp3) is 0. The summed E-state index contributed by atoms with van der Waals surface area (Å²) in [5.41, 5.74) is 4.78. The van der Waals surface area contributed by atoms with E-state index in [2.05, 4.69) is 6.58 Å². The maximum atomic E-state index is 4.78. The molecule has 0 amide bonds. The summed E-state index contributed by atoms with van der Waals surface area (Å²) in [6.45, 7) is 4.69. The first kappa shape index (κ1) is 9.62. The van der Waals surface area contributed by atoms with Crippen LogP contribution in [0.4, 0.5) is 0 Å². The van der Waals surface area contributed by atoms with Gasteiger partial charge in [0.1, 0.15) is 0 Å². The molecule has 0 aromatic carbocycles. The second-order valence-electron chi connectivity index (χ2n) is 0.428. The number of nitrogens with two attached hydrogens (primary N) is 1. The van der Waals surface area contributed by atoms with Gasteiger partial charge in [0.2, 0.25) is 0 Å². The summed E-state index contributed by atoms with van der Waals surface area (Å²) in [7, 11) is 0. The Hall–Kier alpha value is 1.38. The summed E-state index contributed by atoms with van der Waals surface area (Å²) >= 11 is 0. The maximum Gasteiger partial charge on any atom is 1.00 e. The zero-order valence-corrected chi connectivity index (χ0v) is 8.36.